The Bertz CT molecular complexity index is 1630. The highest BCUT2D eigenvalue weighted by Gasteiger charge is 2.17. The van der Waals surface area contributed by atoms with Gasteiger partial charge in [0, 0.05) is 5.39 Å². The first-order valence-electron chi connectivity index (χ1n) is 8.71. The van der Waals surface area contributed by atoms with Crippen LogP contribution in [-0.4, -0.2) is 18.8 Å². The fourth-order valence-electron chi connectivity index (χ4n) is 4.39. The van der Waals surface area contributed by atoms with Crippen LogP contribution in [0.3, 0.4) is 0 Å². The molecule has 120 valence electrons. The Morgan fingerprint density at radius 3 is 2.42 bits per heavy atom. The second-order valence-corrected chi connectivity index (χ2v) is 6.79. The molecule has 0 aliphatic rings. The van der Waals surface area contributed by atoms with Crippen molar-refractivity contribution in [1.82, 2.24) is 18.8 Å². The molecule has 3 aromatic carbocycles. The van der Waals surface area contributed by atoms with Gasteiger partial charge in [0.25, 0.3) is 0 Å². The summed E-state index contributed by atoms with van der Waals surface area (Å²) in [6.45, 7) is 0. The van der Waals surface area contributed by atoms with Crippen LogP contribution in [0, 0.1) is 0 Å². The van der Waals surface area contributed by atoms with Gasteiger partial charge in [0.2, 0.25) is 0 Å². The zero-order valence-electron chi connectivity index (χ0n) is 13.7. The molecule has 0 atom stereocenters. The van der Waals surface area contributed by atoms with E-state index < -0.39 is 0 Å². The third-order valence-corrected chi connectivity index (χ3v) is 5.43. The summed E-state index contributed by atoms with van der Waals surface area (Å²) in [4.78, 5) is 9.87. The van der Waals surface area contributed by atoms with Gasteiger partial charge in [-0.25, -0.2) is 9.97 Å². The Kier molecular flexibility index (Phi) is 2.00. The van der Waals surface area contributed by atoms with Crippen LogP contribution < -0.4 is 0 Å². The number of hydrogen-bond acceptors (Lipinski definition) is 2. The minimum atomic E-state index is 0.974. The number of hydrogen-bond donors (Lipinski definition) is 0. The Labute approximate surface area is 147 Å². The summed E-state index contributed by atoms with van der Waals surface area (Å²) in [6, 6.07) is 25.3. The fraction of sp³-hybridized carbons (Fsp3) is 0. The van der Waals surface area contributed by atoms with Crippen molar-refractivity contribution in [3.05, 3.63) is 72.8 Å². The van der Waals surface area contributed by atoms with E-state index >= 15 is 0 Å². The average Bonchev–Trinajstić information content (AvgIpc) is 3.22. The molecule has 4 aromatic heterocycles. The van der Waals surface area contributed by atoms with Crippen LogP contribution in [0.4, 0.5) is 0 Å². The second-order valence-electron chi connectivity index (χ2n) is 6.79. The van der Waals surface area contributed by atoms with Crippen LogP contribution in [0.25, 0.3) is 55.2 Å². The van der Waals surface area contributed by atoms with Gasteiger partial charge in [0.05, 0.1) is 33.1 Å². The van der Waals surface area contributed by atoms with E-state index in [0.29, 0.717) is 0 Å². The summed E-state index contributed by atoms with van der Waals surface area (Å²) in [7, 11) is 0. The number of rotatable bonds is 0. The van der Waals surface area contributed by atoms with E-state index in [1.807, 2.05) is 6.07 Å². The van der Waals surface area contributed by atoms with Gasteiger partial charge in [-0.1, -0.05) is 30.3 Å². The molecule has 0 unspecified atom stereocenters. The van der Waals surface area contributed by atoms with Crippen molar-refractivity contribution in [3.63, 3.8) is 0 Å². The van der Waals surface area contributed by atoms with Crippen molar-refractivity contribution in [2.75, 3.05) is 0 Å². The van der Waals surface area contributed by atoms with E-state index in [4.69, 9.17) is 9.97 Å². The summed E-state index contributed by atoms with van der Waals surface area (Å²) < 4.78 is 4.57. The quantitative estimate of drug-likeness (QED) is 0.390. The molecule has 7 rings (SSSR count). The summed E-state index contributed by atoms with van der Waals surface area (Å²) in [5, 5.41) is 2.34. The van der Waals surface area contributed by atoms with Crippen LogP contribution in [-0.2, 0) is 0 Å². The van der Waals surface area contributed by atoms with E-state index in [9.17, 15) is 0 Å². The number of fused-ring (bicyclic) bond motifs is 5. The van der Waals surface area contributed by atoms with Crippen molar-refractivity contribution < 1.29 is 0 Å². The number of imidazole rings is 2. The predicted molar refractivity (Wildman–Crippen MR) is 105 cm³/mol. The van der Waals surface area contributed by atoms with Gasteiger partial charge in [-0.05, 0) is 47.9 Å². The van der Waals surface area contributed by atoms with Gasteiger partial charge in [-0.2, -0.15) is 0 Å². The van der Waals surface area contributed by atoms with Crippen LogP contribution >= 0.6 is 0 Å². The monoisotopic (exact) mass is 332 g/mol. The van der Waals surface area contributed by atoms with Crippen LogP contribution in [0.1, 0.15) is 0 Å². The molecule has 0 bridgehead atoms. The number of nitrogens with zero attached hydrogens (tertiary/aromatic N) is 4. The fourth-order valence-corrected chi connectivity index (χ4v) is 4.39. The topological polar surface area (TPSA) is 34.6 Å². The lowest BCUT2D eigenvalue weighted by Crippen LogP contribution is -1.88. The van der Waals surface area contributed by atoms with Crippen molar-refractivity contribution in [3.8, 4) is 0 Å². The van der Waals surface area contributed by atoms with E-state index in [2.05, 4.69) is 75.5 Å². The zero-order chi connectivity index (χ0) is 16.8. The molecule has 4 heteroatoms. The van der Waals surface area contributed by atoms with Crippen LogP contribution in [0.15, 0.2) is 72.8 Å². The third-order valence-electron chi connectivity index (χ3n) is 5.43. The molecule has 0 saturated heterocycles. The van der Waals surface area contributed by atoms with Gasteiger partial charge in [-0.3, -0.25) is 8.80 Å². The molecule has 0 aliphatic carbocycles. The molecule has 4 nitrogen and oxygen atoms in total. The molecular weight excluding hydrogens is 320 g/mol. The molecule has 0 amide bonds. The lowest BCUT2D eigenvalue weighted by atomic mass is 10.1. The largest absolute Gasteiger partial charge is 0.290 e. The average molecular weight is 332 g/mol. The predicted octanol–water partition coefficient (Wildman–Crippen LogP) is 5.03. The Hall–Kier alpha value is -3.66. The smallest absolute Gasteiger partial charge is 0.147 e. The molecule has 0 N–H and O–H groups in total. The van der Waals surface area contributed by atoms with Gasteiger partial charge < -0.3 is 0 Å². The van der Waals surface area contributed by atoms with Crippen LogP contribution in [0.2, 0.25) is 0 Å². The minimum absolute atomic E-state index is 0.974. The maximum atomic E-state index is 5.00. The number of aromatic nitrogens is 4. The second kappa shape index (κ2) is 4.11. The summed E-state index contributed by atoms with van der Waals surface area (Å²) in [5.41, 5.74) is 8.55. The molecule has 26 heavy (non-hydrogen) atoms. The maximum absolute atomic E-state index is 5.00. The lowest BCUT2D eigenvalue weighted by Gasteiger charge is -2.03. The highest BCUT2D eigenvalue weighted by atomic mass is 15.1. The lowest BCUT2D eigenvalue weighted by molar-refractivity contribution is 1.30. The first-order chi connectivity index (χ1) is 12.9. The third kappa shape index (κ3) is 1.31. The van der Waals surface area contributed by atoms with E-state index in [0.717, 1.165) is 44.3 Å². The normalized spacial score (nSPS) is 12.6. The van der Waals surface area contributed by atoms with E-state index in [-0.39, 0.29) is 0 Å². The van der Waals surface area contributed by atoms with E-state index in [1.165, 1.54) is 10.9 Å². The molecule has 0 fully saturated rings. The van der Waals surface area contributed by atoms with Gasteiger partial charge in [0.1, 0.15) is 11.3 Å². The maximum Gasteiger partial charge on any atom is 0.147 e. The Morgan fingerprint density at radius 2 is 1.42 bits per heavy atom. The first-order valence-corrected chi connectivity index (χ1v) is 8.71. The molecule has 7 aromatic rings. The molecule has 0 radical (unpaired) electrons. The summed E-state index contributed by atoms with van der Waals surface area (Å²) in [6.07, 6.45) is 0. The SMILES string of the molecule is c1ccc2c(c1)nc1c3cccc4ccc5nc6cccc(c6n5c43)n21. The molecule has 4 heterocycles. The Balaban J connectivity index is 2.05. The van der Waals surface area contributed by atoms with E-state index in [1.54, 1.807) is 0 Å². The number of para-hydroxylation sites is 4. The highest BCUT2D eigenvalue weighted by molar-refractivity contribution is 6.11. The van der Waals surface area contributed by atoms with Crippen molar-refractivity contribution in [2.24, 2.45) is 0 Å². The standard InChI is InChI=1S/C22H12N4/c1-2-9-17-15(7-1)24-22-14-6-3-5-13-11-12-19-23-16-8-4-10-18(25(17)22)21(16)26(19)20(13)14/h1-12H. The van der Waals surface area contributed by atoms with Gasteiger partial charge >= 0.3 is 0 Å². The Morgan fingerprint density at radius 1 is 0.577 bits per heavy atom. The first kappa shape index (κ1) is 12.7. The summed E-state index contributed by atoms with van der Waals surface area (Å²) >= 11 is 0. The van der Waals surface area contributed by atoms with Crippen molar-refractivity contribution in [2.45, 2.75) is 0 Å². The molecule has 0 saturated carbocycles. The van der Waals surface area contributed by atoms with Crippen molar-refractivity contribution in [1.29, 1.82) is 0 Å². The molecular formula is C22H12N4. The zero-order valence-corrected chi connectivity index (χ0v) is 13.7. The van der Waals surface area contributed by atoms with Crippen LogP contribution in [0.5, 0.6) is 0 Å². The molecule has 0 spiro atoms. The highest BCUT2D eigenvalue weighted by Crippen LogP contribution is 2.34. The minimum Gasteiger partial charge on any atom is -0.290 e. The van der Waals surface area contributed by atoms with Gasteiger partial charge in [0.15, 0.2) is 0 Å². The molecule has 0 aliphatic heterocycles. The summed E-state index contributed by atoms with van der Waals surface area (Å²) in [5.74, 6) is 0. The number of benzene rings is 3. The van der Waals surface area contributed by atoms with Gasteiger partial charge in [-0.15, -0.1) is 0 Å². The van der Waals surface area contributed by atoms with Crippen molar-refractivity contribution >= 4 is 55.2 Å². The number of pyridine rings is 1.